The Morgan fingerprint density at radius 2 is 1.48 bits per heavy atom. The van der Waals surface area contributed by atoms with E-state index in [0.29, 0.717) is 18.0 Å². The van der Waals surface area contributed by atoms with E-state index >= 15 is 0 Å². The summed E-state index contributed by atoms with van der Waals surface area (Å²) in [5, 5.41) is 2.57. The Morgan fingerprint density at radius 1 is 0.931 bits per heavy atom. The molecule has 0 aromatic heterocycles. The van der Waals surface area contributed by atoms with Gasteiger partial charge in [-0.05, 0) is 29.5 Å². The molecule has 0 spiro atoms. The van der Waals surface area contributed by atoms with Crippen molar-refractivity contribution in [3.63, 3.8) is 0 Å². The highest BCUT2D eigenvalue weighted by atomic mass is 16.5. The summed E-state index contributed by atoms with van der Waals surface area (Å²) in [6.45, 7) is 9.10. The lowest BCUT2D eigenvalue weighted by Crippen LogP contribution is -2.30. The lowest BCUT2D eigenvalue weighted by atomic mass is 9.87. The van der Waals surface area contributed by atoms with Crippen LogP contribution < -0.4 is 15.8 Å². The van der Waals surface area contributed by atoms with Gasteiger partial charge in [0.25, 0.3) is 0 Å². The molecule has 0 aliphatic rings. The van der Waals surface area contributed by atoms with Crippen molar-refractivity contribution in [1.29, 1.82) is 0 Å². The van der Waals surface area contributed by atoms with Crippen LogP contribution in [0.25, 0.3) is 0 Å². The zero-order chi connectivity index (χ0) is 21.7. The number of carbonyl (C=O) groups excluding carboxylic acids is 2. The number of anilines is 1. The third-order valence-corrected chi connectivity index (χ3v) is 5.07. The van der Waals surface area contributed by atoms with E-state index in [2.05, 4.69) is 33.0 Å². The standard InChI is InChI=1S/C24H40N2O3/c1-5-6-7-8-9-10-11-12-13-14-17-29-21-16-15-19(24(2,3)4)18-20(21)26-23(28)22(25)27/h15-16,18H,5-14,17H2,1-4H3,(H2,25,27)(H,26,28). The average molecular weight is 405 g/mol. The van der Waals surface area contributed by atoms with E-state index in [4.69, 9.17) is 10.5 Å². The highest BCUT2D eigenvalue weighted by Crippen LogP contribution is 2.31. The molecule has 2 amide bonds. The Morgan fingerprint density at radius 3 is 2.00 bits per heavy atom. The third-order valence-electron chi connectivity index (χ3n) is 5.07. The van der Waals surface area contributed by atoms with Gasteiger partial charge in [-0.25, -0.2) is 0 Å². The van der Waals surface area contributed by atoms with Gasteiger partial charge in [0.15, 0.2) is 0 Å². The summed E-state index contributed by atoms with van der Waals surface area (Å²) >= 11 is 0. The van der Waals surface area contributed by atoms with Crippen molar-refractivity contribution in [2.45, 2.75) is 97.3 Å². The second-order valence-electron chi connectivity index (χ2n) is 8.81. The summed E-state index contributed by atoms with van der Waals surface area (Å²) in [7, 11) is 0. The van der Waals surface area contributed by atoms with Gasteiger partial charge in [0.05, 0.1) is 12.3 Å². The predicted molar refractivity (Wildman–Crippen MR) is 120 cm³/mol. The molecular weight excluding hydrogens is 364 g/mol. The molecule has 164 valence electrons. The number of hydrogen-bond acceptors (Lipinski definition) is 3. The van der Waals surface area contributed by atoms with Gasteiger partial charge in [0, 0.05) is 0 Å². The minimum atomic E-state index is -1.01. The number of unbranched alkanes of at least 4 members (excludes halogenated alkanes) is 9. The molecule has 0 bridgehead atoms. The maximum absolute atomic E-state index is 11.7. The van der Waals surface area contributed by atoms with Crippen molar-refractivity contribution in [3.05, 3.63) is 23.8 Å². The largest absolute Gasteiger partial charge is 0.491 e. The number of primary amides is 1. The van der Waals surface area contributed by atoms with Crippen molar-refractivity contribution in [1.82, 2.24) is 0 Å². The number of amides is 2. The van der Waals surface area contributed by atoms with E-state index in [0.717, 1.165) is 18.4 Å². The molecule has 29 heavy (non-hydrogen) atoms. The molecule has 0 unspecified atom stereocenters. The normalized spacial score (nSPS) is 11.3. The molecule has 1 rings (SSSR count). The Labute approximate surface area is 176 Å². The lowest BCUT2D eigenvalue weighted by Gasteiger charge is -2.21. The fourth-order valence-corrected chi connectivity index (χ4v) is 3.18. The van der Waals surface area contributed by atoms with Crippen molar-refractivity contribution in [3.8, 4) is 5.75 Å². The lowest BCUT2D eigenvalue weighted by molar-refractivity contribution is -0.134. The van der Waals surface area contributed by atoms with Crippen LogP contribution in [0.15, 0.2) is 18.2 Å². The summed E-state index contributed by atoms with van der Waals surface area (Å²) in [4.78, 5) is 22.9. The van der Waals surface area contributed by atoms with Crippen LogP contribution >= 0.6 is 0 Å². The van der Waals surface area contributed by atoms with Gasteiger partial charge in [-0.3, -0.25) is 9.59 Å². The summed E-state index contributed by atoms with van der Waals surface area (Å²) in [6.07, 6.45) is 12.7. The second-order valence-corrected chi connectivity index (χ2v) is 8.81. The summed E-state index contributed by atoms with van der Waals surface area (Å²) < 4.78 is 5.89. The first-order valence-electron chi connectivity index (χ1n) is 11.1. The van der Waals surface area contributed by atoms with E-state index < -0.39 is 11.8 Å². The highest BCUT2D eigenvalue weighted by Gasteiger charge is 2.18. The van der Waals surface area contributed by atoms with E-state index in [1.54, 1.807) is 0 Å². The molecule has 0 fully saturated rings. The Hall–Kier alpha value is -2.04. The molecule has 0 radical (unpaired) electrons. The molecule has 1 aromatic carbocycles. The summed E-state index contributed by atoms with van der Waals surface area (Å²) in [5.41, 5.74) is 6.54. The van der Waals surface area contributed by atoms with Crippen LogP contribution in [0.2, 0.25) is 0 Å². The molecule has 0 saturated heterocycles. The quantitative estimate of drug-likeness (QED) is 0.326. The van der Waals surface area contributed by atoms with E-state index in [1.807, 2.05) is 18.2 Å². The zero-order valence-electron chi connectivity index (χ0n) is 18.8. The first-order valence-corrected chi connectivity index (χ1v) is 11.1. The van der Waals surface area contributed by atoms with Gasteiger partial charge in [-0.15, -0.1) is 0 Å². The van der Waals surface area contributed by atoms with Gasteiger partial charge in [-0.2, -0.15) is 0 Å². The molecule has 5 heteroatoms. The minimum Gasteiger partial charge on any atom is -0.491 e. The average Bonchev–Trinajstić information content (AvgIpc) is 2.66. The third kappa shape index (κ3) is 10.3. The second kappa shape index (κ2) is 13.2. The van der Waals surface area contributed by atoms with Crippen LogP contribution in [-0.2, 0) is 15.0 Å². The number of nitrogens with two attached hydrogens (primary N) is 1. The van der Waals surface area contributed by atoms with Crippen molar-refractivity contribution in [2.24, 2.45) is 5.73 Å². The number of rotatable bonds is 13. The Bertz CT molecular complexity index is 636. The molecule has 0 atom stereocenters. The number of benzene rings is 1. The summed E-state index contributed by atoms with van der Waals surface area (Å²) in [6, 6.07) is 5.70. The number of nitrogens with one attached hydrogen (secondary N) is 1. The van der Waals surface area contributed by atoms with E-state index in [9.17, 15) is 9.59 Å². The van der Waals surface area contributed by atoms with Crippen LogP contribution in [0, 0.1) is 0 Å². The molecule has 1 aromatic rings. The van der Waals surface area contributed by atoms with Crippen LogP contribution in [0.3, 0.4) is 0 Å². The Balaban J connectivity index is 2.44. The van der Waals surface area contributed by atoms with Crippen molar-refractivity contribution < 1.29 is 14.3 Å². The molecule has 0 aliphatic carbocycles. The monoisotopic (exact) mass is 404 g/mol. The maximum Gasteiger partial charge on any atom is 0.313 e. The summed E-state index contributed by atoms with van der Waals surface area (Å²) in [5.74, 6) is -1.27. The van der Waals surface area contributed by atoms with E-state index in [1.165, 1.54) is 51.4 Å². The molecular formula is C24H40N2O3. The minimum absolute atomic E-state index is 0.0821. The van der Waals surface area contributed by atoms with Crippen LogP contribution in [0.1, 0.15) is 97.5 Å². The van der Waals surface area contributed by atoms with Crippen LogP contribution in [-0.4, -0.2) is 18.4 Å². The number of hydrogen-bond donors (Lipinski definition) is 2. The van der Waals surface area contributed by atoms with Gasteiger partial charge in [-0.1, -0.05) is 91.5 Å². The number of carbonyl (C=O) groups is 2. The molecule has 0 saturated carbocycles. The van der Waals surface area contributed by atoms with Crippen LogP contribution in [0.5, 0.6) is 5.75 Å². The number of ether oxygens (including phenoxy) is 1. The fraction of sp³-hybridized carbons (Fsp3) is 0.667. The SMILES string of the molecule is CCCCCCCCCCCCOc1ccc(C(C)(C)C)cc1NC(=O)C(N)=O. The van der Waals surface area contributed by atoms with Gasteiger partial charge >= 0.3 is 11.8 Å². The van der Waals surface area contributed by atoms with E-state index in [-0.39, 0.29) is 5.41 Å². The van der Waals surface area contributed by atoms with Gasteiger partial charge in [0.1, 0.15) is 5.75 Å². The molecule has 0 aliphatic heterocycles. The van der Waals surface area contributed by atoms with Gasteiger partial charge < -0.3 is 15.8 Å². The fourth-order valence-electron chi connectivity index (χ4n) is 3.18. The van der Waals surface area contributed by atoms with Crippen molar-refractivity contribution >= 4 is 17.5 Å². The molecule has 5 nitrogen and oxygen atoms in total. The Kier molecular flexibility index (Phi) is 11.4. The van der Waals surface area contributed by atoms with Crippen LogP contribution in [0.4, 0.5) is 5.69 Å². The maximum atomic E-state index is 11.7. The highest BCUT2D eigenvalue weighted by molar-refractivity contribution is 6.39. The predicted octanol–water partition coefficient (Wildman–Crippen LogP) is 5.71. The molecule has 0 heterocycles. The topological polar surface area (TPSA) is 81.4 Å². The smallest absolute Gasteiger partial charge is 0.313 e. The molecule has 3 N–H and O–H groups in total. The first kappa shape index (κ1) is 25.0. The van der Waals surface area contributed by atoms with Gasteiger partial charge in [0.2, 0.25) is 0 Å². The first-order chi connectivity index (χ1) is 13.8. The zero-order valence-corrected chi connectivity index (χ0v) is 18.8. The van der Waals surface area contributed by atoms with Crippen molar-refractivity contribution in [2.75, 3.05) is 11.9 Å².